The minimum absolute atomic E-state index is 1.05. The van der Waals surface area contributed by atoms with Crippen LogP contribution in [0.15, 0.2) is 127 Å². The van der Waals surface area contributed by atoms with Gasteiger partial charge in [-0.05, 0) is 151 Å². The molecule has 0 atom stereocenters. The third kappa shape index (κ3) is 4.99. The molecule has 3 nitrogen and oxygen atoms in total. The van der Waals surface area contributed by atoms with Crippen molar-refractivity contribution < 1.29 is 0 Å². The van der Waals surface area contributed by atoms with Crippen molar-refractivity contribution in [3.05, 3.63) is 150 Å². The number of hydrogen-bond acceptors (Lipinski definition) is 4. The van der Waals surface area contributed by atoms with E-state index in [0.717, 1.165) is 37.9 Å². The van der Waals surface area contributed by atoms with Crippen LogP contribution in [0.3, 0.4) is 0 Å². The lowest BCUT2D eigenvalue weighted by Crippen LogP contribution is -1.94. The molecule has 5 heteroatoms. The van der Waals surface area contributed by atoms with Crippen LogP contribution in [-0.2, 0) is 0 Å². The van der Waals surface area contributed by atoms with Gasteiger partial charge >= 0.3 is 0 Å². The van der Waals surface area contributed by atoms with Crippen molar-refractivity contribution in [1.29, 1.82) is 0 Å². The smallest absolute Gasteiger partial charge is 0.124 e. The highest BCUT2D eigenvalue weighted by atomic mass is 32.1. The van der Waals surface area contributed by atoms with Crippen molar-refractivity contribution in [3.8, 4) is 38.0 Å². The lowest BCUT2D eigenvalue weighted by Gasteiger charge is -2.10. The van der Waals surface area contributed by atoms with Gasteiger partial charge in [0.25, 0.3) is 0 Å². The summed E-state index contributed by atoms with van der Waals surface area (Å²) in [7, 11) is 0. The van der Waals surface area contributed by atoms with Crippen molar-refractivity contribution in [2.24, 2.45) is 0 Å². The lowest BCUT2D eigenvalue weighted by molar-refractivity contribution is 1.18. The van der Waals surface area contributed by atoms with Crippen LogP contribution in [0, 0.1) is 27.7 Å². The first-order valence-electron chi connectivity index (χ1n) is 17.3. The van der Waals surface area contributed by atoms with Crippen LogP contribution in [0.5, 0.6) is 0 Å². The highest BCUT2D eigenvalue weighted by molar-refractivity contribution is 7.22. The normalized spacial score (nSPS) is 11.9. The number of rotatable bonds is 4. The van der Waals surface area contributed by atoms with E-state index in [2.05, 4.69) is 160 Å². The second kappa shape index (κ2) is 11.5. The monoisotopic (exact) mass is 691 g/mol. The van der Waals surface area contributed by atoms with E-state index >= 15 is 0 Å². The zero-order valence-electron chi connectivity index (χ0n) is 28.8. The van der Waals surface area contributed by atoms with E-state index in [4.69, 9.17) is 9.97 Å². The molecule has 10 aromatic rings. The number of aromatic nitrogens is 3. The SMILES string of the molecule is Cc1cc2nc(-c3ccc4c(c3)c3cc(-c5nc6cc(C)c(C)cc6s5)ccc3n4-c3ccc(-c4ccc5ccccc5c4)cc3)sc2cc1C. The van der Waals surface area contributed by atoms with E-state index in [1.807, 2.05) is 0 Å². The van der Waals surface area contributed by atoms with Gasteiger partial charge in [0.15, 0.2) is 0 Å². The molecular weight excluding hydrogens is 659 g/mol. The van der Waals surface area contributed by atoms with Crippen LogP contribution in [0.25, 0.3) is 91.0 Å². The summed E-state index contributed by atoms with van der Waals surface area (Å²) in [6.07, 6.45) is 0. The van der Waals surface area contributed by atoms with Crippen molar-refractivity contribution in [2.75, 3.05) is 0 Å². The van der Waals surface area contributed by atoms with Crippen LogP contribution in [0.2, 0.25) is 0 Å². The summed E-state index contributed by atoms with van der Waals surface area (Å²) >= 11 is 3.54. The summed E-state index contributed by atoms with van der Waals surface area (Å²) in [5.41, 5.74) is 15.5. The molecule has 0 saturated heterocycles. The molecule has 0 aliphatic carbocycles. The maximum atomic E-state index is 5.10. The van der Waals surface area contributed by atoms with Gasteiger partial charge in [0.05, 0.1) is 31.5 Å². The zero-order valence-corrected chi connectivity index (χ0v) is 30.4. The summed E-state index contributed by atoms with van der Waals surface area (Å²) in [5.74, 6) is 0. The van der Waals surface area contributed by atoms with Crippen LogP contribution >= 0.6 is 22.7 Å². The lowest BCUT2D eigenvalue weighted by atomic mass is 10.0. The molecule has 0 fully saturated rings. The summed E-state index contributed by atoms with van der Waals surface area (Å²) in [6.45, 7) is 8.67. The molecule has 51 heavy (non-hydrogen) atoms. The molecule has 0 aliphatic rings. The summed E-state index contributed by atoms with van der Waals surface area (Å²) in [6, 6.07) is 46.9. The molecule has 0 spiro atoms. The van der Waals surface area contributed by atoms with E-state index in [9.17, 15) is 0 Å². The fraction of sp³-hybridized carbons (Fsp3) is 0.0870. The zero-order chi connectivity index (χ0) is 34.4. The molecule has 0 N–H and O–H groups in total. The Hall–Kier alpha value is -5.62. The maximum absolute atomic E-state index is 5.10. The second-order valence-electron chi connectivity index (χ2n) is 13.8. The molecular formula is C46H33N3S2. The van der Waals surface area contributed by atoms with Gasteiger partial charge < -0.3 is 4.57 Å². The topological polar surface area (TPSA) is 30.7 Å². The fourth-order valence-electron chi connectivity index (χ4n) is 7.35. The third-order valence-corrected chi connectivity index (χ3v) is 12.6. The summed E-state index contributed by atoms with van der Waals surface area (Å²) in [5, 5.41) is 7.03. The van der Waals surface area contributed by atoms with Gasteiger partial charge in [0, 0.05) is 27.6 Å². The summed E-state index contributed by atoms with van der Waals surface area (Å²) in [4.78, 5) is 10.2. The standard InChI is InChI=1S/C46H33N3S2/c1-26-19-39-43(21-28(26)3)50-45(47-39)34-13-17-41-37(24-34)38-25-35(46-48-40-20-27(2)29(4)22-44(40)51-46)14-18-42(38)49(41)36-15-11-31(12-16-36)33-10-9-30-7-5-6-8-32(30)23-33/h5-25H,1-4H3. The Morgan fingerprint density at radius 3 is 1.49 bits per heavy atom. The highest BCUT2D eigenvalue weighted by Crippen LogP contribution is 2.40. The van der Waals surface area contributed by atoms with Crippen LogP contribution in [-0.4, -0.2) is 14.5 Å². The number of thiazole rings is 2. The van der Waals surface area contributed by atoms with E-state index in [0.29, 0.717) is 0 Å². The van der Waals surface area contributed by atoms with Gasteiger partial charge in [-0.15, -0.1) is 22.7 Å². The molecule has 3 aromatic heterocycles. The summed E-state index contributed by atoms with van der Waals surface area (Å²) < 4.78 is 4.86. The predicted molar refractivity (Wildman–Crippen MR) is 220 cm³/mol. The Kier molecular flexibility index (Phi) is 6.79. The third-order valence-electron chi connectivity index (χ3n) is 10.5. The number of benzene rings is 7. The molecule has 0 unspecified atom stereocenters. The predicted octanol–water partition coefficient (Wildman–Crippen LogP) is 13.4. The van der Waals surface area contributed by atoms with Crippen molar-refractivity contribution in [2.45, 2.75) is 27.7 Å². The van der Waals surface area contributed by atoms with Gasteiger partial charge in [0.2, 0.25) is 0 Å². The second-order valence-corrected chi connectivity index (χ2v) is 15.8. The van der Waals surface area contributed by atoms with E-state index in [1.165, 1.54) is 75.4 Å². The minimum Gasteiger partial charge on any atom is -0.309 e. The van der Waals surface area contributed by atoms with Gasteiger partial charge in [-0.3, -0.25) is 0 Å². The van der Waals surface area contributed by atoms with Gasteiger partial charge in [-0.1, -0.05) is 48.5 Å². The average molecular weight is 692 g/mol. The molecule has 0 radical (unpaired) electrons. The Balaban J connectivity index is 1.14. The molecule has 3 heterocycles. The van der Waals surface area contributed by atoms with Gasteiger partial charge in [-0.2, -0.15) is 0 Å². The Bertz CT molecular complexity index is 2790. The highest BCUT2D eigenvalue weighted by Gasteiger charge is 2.18. The quantitative estimate of drug-likeness (QED) is 0.184. The number of aryl methyl sites for hydroxylation is 4. The molecule has 0 amide bonds. The fourth-order valence-corrected chi connectivity index (χ4v) is 9.43. The average Bonchev–Trinajstić information content (AvgIpc) is 3.85. The van der Waals surface area contributed by atoms with Crippen LogP contribution in [0.4, 0.5) is 0 Å². The molecule has 0 bridgehead atoms. The van der Waals surface area contributed by atoms with Crippen molar-refractivity contribution in [3.63, 3.8) is 0 Å². The Labute approximate surface area is 304 Å². The Morgan fingerprint density at radius 1 is 0.431 bits per heavy atom. The van der Waals surface area contributed by atoms with Crippen LogP contribution in [0.1, 0.15) is 22.3 Å². The first-order valence-corrected chi connectivity index (χ1v) is 18.9. The van der Waals surface area contributed by atoms with Gasteiger partial charge in [0.1, 0.15) is 10.0 Å². The molecule has 244 valence electrons. The maximum Gasteiger partial charge on any atom is 0.124 e. The molecule has 0 saturated carbocycles. The van der Waals surface area contributed by atoms with E-state index in [-0.39, 0.29) is 0 Å². The first-order chi connectivity index (χ1) is 24.9. The van der Waals surface area contributed by atoms with Gasteiger partial charge in [-0.25, -0.2) is 9.97 Å². The first kappa shape index (κ1) is 30.2. The molecule has 10 rings (SSSR count). The molecule has 0 aliphatic heterocycles. The van der Waals surface area contributed by atoms with Crippen molar-refractivity contribution >= 4 is 75.7 Å². The number of nitrogens with zero attached hydrogens (tertiary/aromatic N) is 3. The minimum atomic E-state index is 1.05. The Morgan fingerprint density at radius 2 is 0.922 bits per heavy atom. The van der Waals surface area contributed by atoms with E-state index < -0.39 is 0 Å². The van der Waals surface area contributed by atoms with E-state index in [1.54, 1.807) is 22.7 Å². The van der Waals surface area contributed by atoms with Crippen molar-refractivity contribution in [1.82, 2.24) is 14.5 Å². The number of fused-ring (bicyclic) bond motifs is 6. The largest absolute Gasteiger partial charge is 0.309 e. The number of hydrogen-bond donors (Lipinski definition) is 0. The van der Waals surface area contributed by atoms with Crippen LogP contribution < -0.4 is 0 Å². The molecule has 7 aromatic carbocycles.